The average Bonchev–Trinajstić information content (AvgIpc) is 2.62. The summed E-state index contributed by atoms with van der Waals surface area (Å²) in [6, 6.07) is 3.86. The number of hydrogen-bond acceptors (Lipinski definition) is 3. The zero-order valence-electron chi connectivity index (χ0n) is 6.68. The summed E-state index contributed by atoms with van der Waals surface area (Å²) in [4.78, 5) is 8.21. The van der Waals surface area contributed by atoms with Crippen LogP contribution < -0.4 is 5.43 Å². The van der Waals surface area contributed by atoms with E-state index in [9.17, 15) is 0 Å². The minimum Gasteiger partial charge on any atom is -0.268 e. The molecule has 2 heterocycles. The lowest BCUT2D eigenvalue weighted by molar-refractivity contribution is 0.925. The Morgan fingerprint density at radius 3 is 2.38 bits per heavy atom. The van der Waals surface area contributed by atoms with Gasteiger partial charge in [-0.2, -0.15) is 0 Å². The van der Waals surface area contributed by atoms with Crippen molar-refractivity contribution in [2.24, 2.45) is 0 Å². The molecule has 0 aromatic carbocycles. The van der Waals surface area contributed by atoms with Crippen molar-refractivity contribution in [3.05, 3.63) is 40.5 Å². The van der Waals surface area contributed by atoms with Crippen LogP contribution in [0.1, 0.15) is 0 Å². The van der Waals surface area contributed by atoms with Crippen LogP contribution in [0, 0.1) is 3.57 Å². The highest BCUT2D eigenvalue weighted by molar-refractivity contribution is 14.1. The number of nitrogens with one attached hydrogen (secondary N) is 1. The van der Waals surface area contributed by atoms with Crippen LogP contribution in [0.2, 0.25) is 0 Å². The zero-order chi connectivity index (χ0) is 9.10. The van der Waals surface area contributed by atoms with Crippen LogP contribution in [0.25, 0.3) is 0 Å². The van der Waals surface area contributed by atoms with E-state index in [1.54, 1.807) is 17.1 Å². The Morgan fingerprint density at radius 2 is 1.77 bits per heavy atom. The molecule has 5 heteroatoms. The van der Waals surface area contributed by atoms with Gasteiger partial charge in [-0.25, -0.2) is 9.97 Å². The maximum Gasteiger partial charge on any atom is 0.242 e. The van der Waals surface area contributed by atoms with Crippen molar-refractivity contribution in [3.63, 3.8) is 0 Å². The average molecular weight is 286 g/mol. The first kappa shape index (κ1) is 8.49. The van der Waals surface area contributed by atoms with Gasteiger partial charge in [-0.15, -0.1) is 0 Å². The van der Waals surface area contributed by atoms with E-state index in [1.807, 2.05) is 24.5 Å². The minimum absolute atomic E-state index is 0.594. The van der Waals surface area contributed by atoms with Gasteiger partial charge in [0.15, 0.2) is 0 Å². The third-order valence-electron chi connectivity index (χ3n) is 1.45. The van der Waals surface area contributed by atoms with Crippen LogP contribution in [0.15, 0.2) is 36.9 Å². The molecule has 0 unspecified atom stereocenters. The molecule has 0 aliphatic heterocycles. The van der Waals surface area contributed by atoms with Gasteiger partial charge in [-0.05, 0) is 34.7 Å². The minimum atomic E-state index is 0.594. The van der Waals surface area contributed by atoms with Crippen molar-refractivity contribution in [2.75, 3.05) is 5.43 Å². The van der Waals surface area contributed by atoms with Gasteiger partial charge in [0.05, 0.1) is 0 Å². The monoisotopic (exact) mass is 286 g/mol. The second-order valence-corrected chi connectivity index (χ2v) is 3.67. The van der Waals surface area contributed by atoms with Crippen LogP contribution in [0.5, 0.6) is 0 Å². The van der Waals surface area contributed by atoms with Crippen LogP contribution in [0.4, 0.5) is 5.95 Å². The van der Waals surface area contributed by atoms with Crippen molar-refractivity contribution in [1.29, 1.82) is 0 Å². The van der Waals surface area contributed by atoms with Crippen LogP contribution in [-0.2, 0) is 0 Å². The molecule has 1 N–H and O–H groups in total. The molecule has 0 aliphatic rings. The van der Waals surface area contributed by atoms with Gasteiger partial charge in [-0.3, -0.25) is 10.1 Å². The summed E-state index contributed by atoms with van der Waals surface area (Å²) in [5.74, 6) is 0.594. The van der Waals surface area contributed by atoms with Gasteiger partial charge in [0, 0.05) is 28.4 Å². The van der Waals surface area contributed by atoms with Gasteiger partial charge in [-0.1, -0.05) is 0 Å². The number of anilines is 1. The third kappa shape index (κ3) is 2.18. The van der Waals surface area contributed by atoms with Crippen molar-refractivity contribution in [3.8, 4) is 0 Å². The lowest BCUT2D eigenvalue weighted by Gasteiger charge is -2.03. The Labute approximate surface area is 89.1 Å². The summed E-state index contributed by atoms with van der Waals surface area (Å²) < 4.78 is 2.82. The number of aromatic nitrogens is 3. The lowest BCUT2D eigenvalue weighted by Crippen LogP contribution is -2.08. The van der Waals surface area contributed by atoms with Gasteiger partial charge in [0.1, 0.15) is 0 Å². The normalized spacial score (nSPS) is 9.92. The van der Waals surface area contributed by atoms with Crippen molar-refractivity contribution >= 4 is 28.5 Å². The predicted octanol–water partition coefficient (Wildman–Crippen LogP) is 1.76. The second-order valence-electron chi connectivity index (χ2n) is 2.43. The summed E-state index contributed by atoms with van der Waals surface area (Å²) >= 11 is 2.17. The molecule has 2 aromatic rings. The predicted molar refractivity (Wildman–Crippen MR) is 58.2 cm³/mol. The molecule has 0 saturated heterocycles. The fraction of sp³-hybridized carbons (Fsp3) is 0. The molecule has 0 atom stereocenters. The molecule has 66 valence electrons. The fourth-order valence-electron chi connectivity index (χ4n) is 0.895. The summed E-state index contributed by atoms with van der Waals surface area (Å²) in [6.45, 7) is 0. The van der Waals surface area contributed by atoms with Crippen LogP contribution in [0.3, 0.4) is 0 Å². The number of nitrogens with zero attached hydrogens (tertiary/aromatic N) is 3. The highest BCUT2D eigenvalue weighted by atomic mass is 127. The van der Waals surface area contributed by atoms with Crippen LogP contribution >= 0.6 is 22.6 Å². The molecule has 4 nitrogen and oxygen atoms in total. The zero-order valence-corrected chi connectivity index (χ0v) is 8.84. The summed E-state index contributed by atoms with van der Waals surface area (Å²) in [5.41, 5.74) is 3.00. The molecule has 0 spiro atoms. The quantitative estimate of drug-likeness (QED) is 0.855. The van der Waals surface area contributed by atoms with Crippen molar-refractivity contribution < 1.29 is 0 Å². The van der Waals surface area contributed by atoms with E-state index in [1.165, 1.54) is 0 Å². The van der Waals surface area contributed by atoms with Crippen LogP contribution in [-0.4, -0.2) is 14.6 Å². The van der Waals surface area contributed by atoms with E-state index in [0.29, 0.717) is 5.95 Å². The Kier molecular flexibility index (Phi) is 2.44. The fourth-order valence-corrected chi connectivity index (χ4v) is 1.17. The molecule has 2 aromatic heterocycles. The van der Waals surface area contributed by atoms with E-state index >= 15 is 0 Å². The Balaban J connectivity index is 2.15. The van der Waals surface area contributed by atoms with E-state index in [4.69, 9.17) is 0 Å². The Hall–Kier alpha value is -1.11. The molecule has 13 heavy (non-hydrogen) atoms. The van der Waals surface area contributed by atoms with E-state index in [-0.39, 0.29) is 0 Å². The molecule has 0 radical (unpaired) electrons. The van der Waals surface area contributed by atoms with E-state index < -0.39 is 0 Å². The Bertz CT molecular complexity index is 368. The standard InChI is InChI=1S/C8H7IN4/c9-7-5-10-8(11-6-7)12-13-3-1-2-4-13/h1-6H,(H,10,11,12). The maximum atomic E-state index is 4.10. The molecule has 0 amide bonds. The van der Waals surface area contributed by atoms with E-state index in [0.717, 1.165) is 3.57 Å². The SMILES string of the molecule is Ic1cnc(Nn2cccc2)nc1. The maximum absolute atomic E-state index is 4.10. The first-order valence-electron chi connectivity index (χ1n) is 3.72. The molecule has 2 rings (SSSR count). The van der Waals surface area contributed by atoms with Gasteiger partial charge in [0.2, 0.25) is 5.95 Å². The first-order valence-corrected chi connectivity index (χ1v) is 4.80. The summed E-state index contributed by atoms with van der Waals surface area (Å²) in [7, 11) is 0. The summed E-state index contributed by atoms with van der Waals surface area (Å²) in [6.07, 6.45) is 7.31. The smallest absolute Gasteiger partial charge is 0.242 e. The highest BCUT2D eigenvalue weighted by Crippen LogP contribution is 2.02. The largest absolute Gasteiger partial charge is 0.268 e. The number of halogens is 1. The first-order chi connectivity index (χ1) is 6.34. The second kappa shape index (κ2) is 3.73. The van der Waals surface area contributed by atoms with Crippen molar-refractivity contribution in [2.45, 2.75) is 0 Å². The molecule has 0 aliphatic carbocycles. The lowest BCUT2D eigenvalue weighted by atomic mass is 10.7. The highest BCUT2D eigenvalue weighted by Gasteiger charge is 1.94. The molecule has 0 bridgehead atoms. The van der Waals surface area contributed by atoms with Gasteiger partial charge < -0.3 is 0 Å². The van der Waals surface area contributed by atoms with Gasteiger partial charge >= 0.3 is 0 Å². The summed E-state index contributed by atoms with van der Waals surface area (Å²) in [5, 5.41) is 0. The molecule has 0 fully saturated rings. The molecular formula is C8H7IN4. The molecular weight excluding hydrogens is 279 g/mol. The number of rotatable bonds is 2. The van der Waals surface area contributed by atoms with Crippen molar-refractivity contribution in [1.82, 2.24) is 14.6 Å². The third-order valence-corrected chi connectivity index (χ3v) is 2.01. The number of hydrogen-bond donors (Lipinski definition) is 1. The Morgan fingerprint density at radius 1 is 1.15 bits per heavy atom. The topological polar surface area (TPSA) is 42.7 Å². The van der Waals surface area contributed by atoms with Gasteiger partial charge in [0.25, 0.3) is 0 Å². The van der Waals surface area contributed by atoms with E-state index in [2.05, 4.69) is 38.0 Å². The molecule has 0 saturated carbocycles.